The number of anilines is 1. The minimum Gasteiger partial charge on any atom is -0.369 e. The van der Waals surface area contributed by atoms with Crippen molar-refractivity contribution in [2.45, 2.75) is 43.9 Å². The van der Waals surface area contributed by atoms with Crippen LogP contribution in [0.2, 0.25) is 0 Å². The van der Waals surface area contributed by atoms with E-state index in [0.29, 0.717) is 6.04 Å². The van der Waals surface area contributed by atoms with Crippen LogP contribution in [0, 0.1) is 29.0 Å². The van der Waals surface area contributed by atoms with Crippen LogP contribution in [0.4, 0.5) is 10.1 Å². The van der Waals surface area contributed by atoms with Gasteiger partial charge in [-0.05, 0) is 66.8 Å². The molecule has 31 heavy (non-hydrogen) atoms. The molecule has 3 fully saturated rings. The van der Waals surface area contributed by atoms with Crippen molar-refractivity contribution in [3.8, 4) is 6.07 Å². The Hall–Kier alpha value is -2.42. The second-order valence-electron chi connectivity index (χ2n) is 9.79. The van der Waals surface area contributed by atoms with E-state index in [1.807, 2.05) is 12.1 Å². The van der Waals surface area contributed by atoms with Crippen molar-refractivity contribution < 1.29 is 9.13 Å². The molecular weight excluding hydrogens is 389 g/mol. The summed E-state index contributed by atoms with van der Waals surface area (Å²) in [6, 6.07) is 16.3. The molecule has 2 aromatic carbocycles. The van der Waals surface area contributed by atoms with E-state index in [1.165, 1.54) is 42.9 Å². The molecule has 2 saturated carbocycles. The second-order valence-corrected chi connectivity index (χ2v) is 9.79. The smallest absolute Gasteiger partial charge is 0.143 e. The van der Waals surface area contributed by atoms with Crippen LogP contribution in [0.1, 0.15) is 42.4 Å². The largest absolute Gasteiger partial charge is 0.369 e. The van der Waals surface area contributed by atoms with Crippen molar-refractivity contribution >= 4 is 5.69 Å². The van der Waals surface area contributed by atoms with Gasteiger partial charge in [0.15, 0.2) is 0 Å². The van der Waals surface area contributed by atoms with Gasteiger partial charge in [0.25, 0.3) is 0 Å². The molecule has 0 N–H and O–H groups in total. The number of fused-ring (bicyclic) bond motifs is 3. The molecule has 0 aromatic heterocycles. The van der Waals surface area contributed by atoms with E-state index in [-0.39, 0.29) is 11.2 Å². The van der Waals surface area contributed by atoms with E-state index in [4.69, 9.17) is 10.00 Å². The van der Waals surface area contributed by atoms with Crippen LogP contribution in [0.15, 0.2) is 42.5 Å². The fraction of sp³-hybridized carbons (Fsp3) is 0.500. The number of halogens is 1. The number of hydrogen-bond donors (Lipinski definition) is 0. The van der Waals surface area contributed by atoms with Crippen molar-refractivity contribution in [2.24, 2.45) is 11.8 Å². The predicted octanol–water partition coefficient (Wildman–Crippen LogP) is 4.43. The second kappa shape index (κ2) is 7.32. The fourth-order valence-electron chi connectivity index (χ4n) is 6.77. The van der Waals surface area contributed by atoms with Gasteiger partial charge in [-0.3, -0.25) is 4.90 Å². The number of nitriles is 1. The monoisotopic (exact) mass is 417 g/mol. The topological polar surface area (TPSA) is 39.5 Å². The van der Waals surface area contributed by atoms with E-state index in [9.17, 15) is 4.39 Å². The normalized spacial score (nSPS) is 32.3. The van der Waals surface area contributed by atoms with Gasteiger partial charge < -0.3 is 9.64 Å². The first-order valence-electron chi connectivity index (χ1n) is 11.6. The number of benzene rings is 2. The molecule has 4 atom stereocenters. The molecule has 4 aliphatic rings. The highest BCUT2D eigenvalue weighted by Crippen LogP contribution is 2.58. The minimum atomic E-state index is -0.421. The summed E-state index contributed by atoms with van der Waals surface area (Å²) >= 11 is 0. The van der Waals surface area contributed by atoms with Gasteiger partial charge in [0.1, 0.15) is 11.9 Å². The van der Waals surface area contributed by atoms with Crippen molar-refractivity contribution in [3.63, 3.8) is 0 Å². The molecule has 2 aliphatic carbocycles. The van der Waals surface area contributed by atoms with Crippen molar-refractivity contribution in [3.05, 3.63) is 65.0 Å². The van der Waals surface area contributed by atoms with Crippen LogP contribution < -0.4 is 4.90 Å². The Morgan fingerprint density at radius 1 is 1.00 bits per heavy atom. The predicted molar refractivity (Wildman–Crippen MR) is 117 cm³/mol. The van der Waals surface area contributed by atoms with Crippen LogP contribution in [0.5, 0.6) is 0 Å². The quantitative estimate of drug-likeness (QED) is 0.725. The third-order valence-electron chi connectivity index (χ3n) is 8.28. The Balaban J connectivity index is 1.07. The molecule has 0 amide bonds. The van der Waals surface area contributed by atoms with Crippen LogP contribution >= 0.6 is 0 Å². The molecule has 5 heteroatoms. The van der Waals surface area contributed by atoms with Crippen LogP contribution in [0.25, 0.3) is 0 Å². The summed E-state index contributed by atoms with van der Waals surface area (Å²) in [4.78, 5) is 4.90. The zero-order valence-electron chi connectivity index (χ0n) is 17.8. The molecule has 0 radical (unpaired) electrons. The molecule has 1 spiro atoms. The maximum atomic E-state index is 14.0. The van der Waals surface area contributed by atoms with Gasteiger partial charge in [-0.2, -0.15) is 5.26 Å². The van der Waals surface area contributed by atoms with Crippen molar-refractivity contribution in [2.75, 3.05) is 31.1 Å². The number of rotatable bonds is 2. The van der Waals surface area contributed by atoms with Gasteiger partial charge in [0.2, 0.25) is 0 Å². The Bertz CT molecular complexity index is 1030. The highest BCUT2D eigenvalue weighted by Gasteiger charge is 2.54. The Kier molecular flexibility index (Phi) is 4.55. The lowest BCUT2D eigenvalue weighted by molar-refractivity contribution is -0.0404. The summed E-state index contributed by atoms with van der Waals surface area (Å²) in [5.41, 5.74) is 3.82. The van der Waals surface area contributed by atoms with Gasteiger partial charge in [0, 0.05) is 37.9 Å². The van der Waals surface area contributed by atoms with E-state index in [0.717, 1.165) is 50.3 Å². The molecule has 1 saturated heterocycles. The summed E-state index contributed by atoms with van der Waals surface area (Å²) < 4.78 is 20.4. The molecular formula is C26H28FN3O. The van der Waals surface area contributed by atoms with Crippen LogP contribution in [0.3, 0.4) is 0 Å². The number of hydrogen-bond acceptors (Lipinski definition) is 4. The van der Waals surface area contributed by atoms with Gasteiger partial charge in [0.05, 0.1) is 17.8 Å². The first-order valence-corrected chi connectivity index (χ1v) is 11.6. The zero-order valence-corrected chi connectivity index (χ0v) is 17.8. The summed E-state index contributed by atoms with van der Waals surface area (Å²) in [5, 5.41) is 8.94. The molecule has 2 heterocycles. The standard InChI is InChI=1S/C26H28FN3O/c27-25-13-22(6-5-18(25)16-28)29-7-9-30(10-8-29)23-11-20-14-26(15-21(20)12-23)24-4-2-1-3-19(24)17-31-26/h1-6,13,20-21,23H,7-12,14-15,17H2/t20-,21+,23+,26+. The summed E-state index contributed by atoms with van der Waals surface area (Å²) in [6.45, 7) is 4.65. The van der Waals surface area contributed by atoms with Crippen LogP contribution in [-0.2, 0) is 16.9 Å². The third kappa shape index (κ3) is 3.16. The molecule has 0 bridgehead atoms. The summed E-state index contributed by atoms with van der Waals surface area (Å²) in [7, 11) is 0. The van der Waals surface area contributed by atoms with E-state index >= 15 is 0 Å². The van der Waals surface area contributed by atoms with Gasteiger partial charge in [-0.25, -0.2) is 4.39 Å². The van der Waals surface area contributed by atoms with Crippen molar-refractivity contribution in [1.82, 2.24) is 4.90 Å². The number of ether oxygens (including phenoxy) is 1. The average molecular weight is 418 g/mol. The highest BCUT2D eigenvalue weighted by molar-refractivity contribution is 5.51. The number of nitrogens with zero attached hydrogens (tertiary/aromatic N) is 3. The van der Waals surface area contributed by atoms with Gasteiger partial charge >= 0.3 is 0 Å². The highest BCUT2D eigenvalue weighted by atomic mass is 19.1. The maximum absolute atomic E-state index is 14.0. The van der Waals surface area contributed by atoms with Gasteiger partial charge in [-0.1, -0.05) is 24.3 Å². The Labute approximate surface area is 183 Å². The van der Waals surface area contributed by atoms with E-state index in [1.54, 1.807) is 6.07 Å². The SMILES string of the molecule is N#Cc1ccc(N2CCN([C@H]3C[C@@H]4C[C@@]5(C[C@@H]4C3)OCc3ccccc35)CC2)cc1F. The first-order chi connectivity index (χ1) is 15.1. The number of piperazine rings is 1. The maximum Gasteiger partial charge on any atom is 0.143 e. The molecule has 160 valence electrons. The molecule has 6 rings (SSSR count). The lowest BCUT2D eigenvalue weighted by Crippen LogP contribution is -2.50. The van der Waals surface area contributed by atoms with Crippen LogP contribution in [-0.4, -0.2) is 37.1 Å². The lowest BCUT2D eigenvalue weighted by atomic mass is 9.88. The van der Waals surface area contributed by atoms with E-state index in [2.05, 4.69) is 34.1 Å². The zero-order chi connectivity index (χ0) is 21.0. The fourth-order valence-corrected chi connectivity index (χ4v) is 6.77. The van der Waals surface area contributed by atoms with E-state index < -0.39 is 5.82 Å². The van der Waals surface area contributed by atoms with Gasteiger partial charge in [-0.15, -0.1) is 0 Å². The van der Waals surface area contributed by atoms with Crippen molar-refractivity contribution in [1.29, 1.82) is 5.26 Å². The molecule has 2 aliphatic heterocycles. The average Bonchev–Trinajstić information content (AvgIpc) is 3.46. The Morgan fingerprint density at radius 2 is 1.74 bits per heavy atom. The third-order valence-corrected chi connectivity index (χ3v) is 8.28. The molecule has 2 aromatic rings. The first kappa shape index (κ1) is 19.3. The minimum absolute atomic E-state index is 0.0186. The molecule has 0 unspecified atom stereocenters. The molecule has 4 nitrogen and oxygen atoms in total. The summed E-state index contributed by atoms with van der Waals surface area (Å²) in [5.74, 6) is 1.11. The summed E-state index contributed by atoms with van der Waals surface area (Å²) in [6.07, 6.45) is 4.91. The Morgan fingerprint density at radius 3 is 2.45 bits per heavy atom. The lowest BCUT2D eigenvalue weighted by Gasteiger charge is -2.39.